The molecule has 0 spiro atoms. The van der Waals surface area contributed by atoms with Crippen LogP contribution in [0.1, 0.15) is 27.2 Å². The molecule has 10 heteroatoms. The molecule has 2 saturated heterocycles. The van der Waals surface area contributed by atoms with E-state index in [9.17, 15) is 24.0 Å². The number of fused-ring (bicyclic) bond motifs is 3. The van der Waals surface area contributed by atoms with Crippen LogP contribution in [0.25, 0.3) is 0 Å². The fourth-order valence-corrected chi connectivity index (χ4v) is 3.79. The fourth-order valence-electron chi connectivity index (χ4n) is 3.79. The van der Waals surface area contributed by atoms with E-state index in [4.69, 9.17) is 23.7 Å². The number of carbonyl (C=O) groups is 5. The maximum absolute atomic E-state index is 12.2. The van der Waals surface area contributed by atoms with Gasteiger partial charge in [-0.3, -0.25) is 24.0 Å². The molecule has 0 unspecified atom stereocenters. The minimum Gasteiger partial charge on any atom is -0.463 e. The van der Waals surface area contributed by atoms with Crippen LogP contribution in [0.5, 0.6) is 0 Å². The first-order valence-corrected chi connectivity index (χ1v) is 8.77. The Morgan fingerprint density at radius 3 is 2.32 bits per heavy atom. The van der Waals surface area contributed by atoms with Gasteiger partial charge in [0.1, 0.15) is 18.6 Å². The molecule has 3 aliphatic rings. The third-order valence-corrected chi connectivity index (χ3v) is 4.83. The SMILES string of the molecule is CC(=O)OC[C@H]1O[C@H]2C(=CC[C@H]3C(=O)OC(=O)[C@H]32)[C@@H](OC(C)=O)[C@@H]1OC(C)=O. The van der Waals surface area contributed by atoms with Crippen LogP contribution in [-0.2, 0) is 47.7 Å². The maximum atomic E-state index is 12.2. The monoisotopic (exact) mass is 396 g/mol. The first kappa shape index (κ1) is 20.0. The molecular formula is C18H20O10. The number of esters is 5. The zero-order chi connectivity index (χ0) is 20.6. The lowest BCUT2D eigenvalue weighted by atomic mass is 9.74. The van der Waals surface area contributed by atoms with E-state index in [1.165, 1.54) is 20.8 Å². The topological polar surface area (TPSA) is 132 Å². The average Bonchev–Trinajstić information content (AvgIpc) is 2.88. The molecule has 6 atom stereocenters. The van der Waals surface area contributed by atoms with Crippen molar-refractivity contribution < 1.29 is 47.7 Å². The third-order valence-electron chi connectivity index (χ3n) is 4.83. The van der Waals surface area contributed by atoms with Crippen LogP contribution in [0, 0.1) is 11.8 Å². The second kappa shape index (κ2) is 7.70. The van der Waals surface area contributed by atoms with Gasteiger partial charge in [-0.2, -0.15) is 0 Å². The van der Waals surface area contributed by atoms with Crippen molar-refractivity contribution in [3.8, 4) is 0 Å². The number of hydrogen-bond acceptors (Lipinski definition) is 10. The molecule has 1 aliphatic carbocycles. The normalized spacial score (nSPS) is 33.8. The van der Waals surface area contributed by atoms with Crippen molar-refractivity contribution in [3.05, 3.63) is 11.6 Å². The van der Waals surface area contributed by atoms with E-state index in [-0.39, 0.29) is 13.0 Å². The summed E-state index contributed by atoms with van der Waals surface area (Å²) in [5, 5.41) is 0. The van der Waals surface area contributed by atoms with Crippen molar-refractivity contribution in [3.63, 3.8) is 0 Å². The van der Waals surface area contributed by atoms with Crippen molar-refractivity contribution in [2.75, 3.05) is 6.61 Å². The van der Waals surface area contributed by atoms with Crippen LogP contribution in [-0.4, -0.2) is 60.9 Å². The van der Waals surface area contributed by atoms with E-state index in [1.54, 1.807) is 6.08 Å². The first-order chi connectivity index (χ1) is 13.2. The Hall–Kier alpha value is -2.75. The van der Waals surface area contributed by atoms with E-state index < -0.39 is 66.1 Å². The standard InChI is InChI=1S/C18H20O10/c1-7(19)24-6-12-16(26-9(3)21)15(25-8(2)20)11-5-4-10-13(14(11)27-12)18(23)28-17(10)22/h5,10,12-16H,4,6H2,1-3H3/t10-,12-,13-,14+,15-,16-/m1/s1. The van der Waals surface area contributed by atoms with E-state index in [0.717, 1.165) is 0 Å². The largest absolute Gasteiger partial charge is 0.463 e. The summed E-state index contributed by atoms with van der Waals surface area (Å²) in [7, 11) is 0. The lowest BCUT2D eigenvalue weighted by molar-refractivity contribution is -0.206. The zero-order valence-electron chi connectivity index (χ0n) is 15.5. The van der Waals surface area contributed by atoms with Gasteiger partial charge in [0.25, 0.3) is 0 Å². The van der Waals surface area contributed by atoms with Crippen LogP contribution < -0.4 is 0 Å². The number of allylic oxidation sites excluding steroid dienone is 1. The minimum absolute atomic E-state index is 0.198. The summed E-state index contributed by atoms with van der Waals surface area (Å²) in [6, 6.07) is 0. The van der Waals surface area contributed by atoms with Gasteiger partial charge in [-0.15, -0.1) is 0 Å². The number of rotatable bonds is 4. The van der Waals surface area contributed by atoms with E-state index in [1.807, 2.05) is 0 Å². The molecule has 28 heavy (non-hydrogen) atoms. The van der Waals surface area contributed by atoms with Crippen molar-refractivity contribution in [1.82, 2.24) is 0 Å². The van der Waals surface area contributed by atoms with E-state index >= 15 is 0 Å². The van der Waals surface area contributed by atoms with Crippen LogP contribution in [0.15, 0.2) is 11.6 Å². The Labute approximate surface area is 160 Å². The molecule has 0 aromatic rings. The summed E-state index contributed by atoms with van der Waals surface area (Å²) >= 11 is 0. The Morgan fingerprint density at radius 2 is 1.71 bits per heavy atom. The van der Waals surface area contributed by atoms with Gasteiger partial charge in [0.2, 0.25) is 0 Å². The van der Waals surface area contributed by atoms with Crippen molar-refractivity contribution in [2.45, 2.75) is 51.6 Å². The minimum atomic E-state index is -1.09. The molecule has 0 radical (unpaired) electrons. The smallest absolute Gasteiger partial charge is 0.320 e. The van der Waals surface area contributed by atoms with Gasteiger partial charge in [0.05, 0.1) is 12.0 Å². The van der Waals surface area contributed by atoms with Crippen LogP contribution in [0.4, 0.5) is 0 Å². The molecule has 0 amide bonds. The molecule has 0 bridgehead atoms. The molecule has 0 N–H and O–H groups in total. The number of cyclic esters (lactones) is 2. The number of carbonyl (C=O) groups excluding carboxylic acids is 5. The summed E-state index contributed by atoms with van der Waals surface area (Å²) in [5.74, 6) is -4.88. The molecule has 152 valence electrons. The summed E-state index contributed by atoms with van der Waals surface area (Å²) in [6.45, 7) is 3.27. The molecule has 0 aromatic carbocycles. The molecule has 0 saturated carbocycles. The highest BCUT2D eigenvalue weighted by atomic mass is 16.6. The van der Waals surface area contributed by atoms with E-state index in [0.29, 0.717) is 5.57 Å². The molecule has 2 aliphatic heterocycles. The van der Waals surface area contributed by atoms with Gasteiger partial charge in [-0.1, -0.05) is 6.08 Å². The Balaban J connectivity index is 1.99. The lowest BCUT2D eigenvalue weighted by Crippen LogP contribution is -2.58. The first-order valence-electron chi connectivity index (χ1n) is 8.77. The summed E-state index contributed by atoms with van der Waals surface area (Å²) in [6.07, 6.45) is -2.25. The van der Waals surface area contributed by atoms with Crippen molar-refractivity contribution >= 4 is 29.8 Å². The van der Waals surface area contributed by atoms with E-state index in [2.05, 4.69) is 0 Å². The Morgan fingerprint density at radius 1 is 1.04 bits per heavy atom. The number of hydrogen-bond donors (Lipinski definition) is 0. The highest BCUT2D eigenvalue weighted by molar-refractivity contribution is 5.97. The van der Waals surface area contributed by atoms with Crippen LogP contribution in [0.3, 0.4) is 0 Å². The summed E-state index contributed by atoms with van der Waals surface area (Å²) < 4.78 is 26.3. The number of ether oxygens (including phenoxy) is 5. The Bertz CT molecular complexity index is 753. The van der Waals surface area contributed by atoms with Crippen molar-refractivity contribution in [2.24, 2.45) is 11.8 Å². The Kier molecular flexibility index (Phi) is 5.50. The molecular weight excluding hydrogens is 376 g/mol. The lowest BCUT2D eigenvalue weighted by Gasteiger charge is -2.45. The van der Waals surface area contributed by atoms with Crippen LogP contribution in [0.2, 0.25) is 0 Å². The summed E-state index contributed by atoms with van der Waals surface area (Å²) in [5.41, 5.74) is 0.411. The third kappa shape index (κ3) is 3.77. The van der Waals surface area contributed by atoms with Gasteiger partial charge in [0, 0.05) is 20.8 Å². The quantitative estimate of drug-likeness (QED) is 0.273. The predicted molar refractivity (Wildman–Crippen MR) is 87.2 cm³/mol. The summed E-state index contributed by atoms with van der Waals surface area (Å²) in [4.78, 5) is 58.6. The van der Waals surface area contributed by atoms with Gasteiger partial charge in [0.15, 0.2) is 12.2 Å². The zero-order valence-corrected chi connectivity index (χ0v) is 15.5. The molecule has 2 heterocycles. The maximum Gasteiger partial charge on any atom is 0.320 e. The van der Waals surface area contributed by atoms with Gasteiger partial charge < -0.3 is 23.7 Å². The second-order valence-corrected chi connectivity index (χ2v) is 6.81. The van der Waals surface area contributed by atoms with Gasteiger partial charge in [-0.05, 0) is 12.0 Å². The predicted octanol–water partition coefficient (Wildman–Crippen LogP) is -0.174. The second-order valence-electron chi connectivity index (χ2n) is 6.81. The van der Waals surface area contributed by atoms with Gasteiger partial charge >= 0.3 is 29.8 Å². The van der Waals surface area contributed by atoms with Crippen LogP contribution >= 0.6 is 0 Å². The molecule has 10 nitrogen and oxygen atoms in total. The van der Waals surface area contributed by atoms with Crippen molar-refractivity contribution in [1.29, 1.82) is 0 Å². The fraction of sp³-hybridized carbons (Fsp3) is 0.611. The van der Waals surface area contributed by atoms with Gasteiger partial charge in [-0.25, -0.2) is 0 Å². The average molecular weight is 396 g/mol. The highest BCUT2D eigenvalue weighted by Gasteiger charge is 2.58. The molecule has 0 aromatic heterocycles. The molecule has 3 rings (SSSR count). The molecule has 2 fully saturated rings. The highest BCUT2D eigenvalue weighted by Crippen LogP contribution is 2.44.